The summed E-state index contributed by atoms with van der Waals surface area (Å²) in [5.41, 5.74) is -1.16. The summed E-state index contributed by atoms with van der Waals surface area (Å²) in [6.07, 6.45) is 2.81. The molecule has 0 saturated heterocycles. The lowest BCUT2D eigenvalue weighted by atomic mass is 9.67. The van der Waals surface area contributed by atoms with E-state index in [1.807, 2.05) is 13.8 Å². The van der Waals surface area contributed by atoms with E-state index in [2.05, 4.69) is 0 Å². The Bertz CT molecular complexity index is 428. The first-order chi connectivity index (χ1) is 7.82. The molecule has 2 rings (SSSR count). The van der Waals surface area contributed by atoms with Gasteiger partial charge in [0.25, 0.3) is 0 Å². The number of hydrogen-bond acceptors (Lipinski definition) is 1. The van der Waals surface area contributed by atoms with Crippen LogP contribution in [0.1, 0.15) is 45.1 Å². The summed E-state index contributed by atoms with van der Waals surface area (Å²) >= 11 is 0. The molecule has 0 heterocycles. The van der Waals surface area contributed by atoms with Gasteiger partial charge in [0.2, 0.25) is 0 Å². The van der Waals surface area contributed by atoms with Gasteiger partial charge in [-0.1, -0.05) is 13.8 Å². The highest BCUT2D eigenvalue weighted by molar-refractivity contribution is 5.26. The largest absolute Gasteiger partial charge is 0.385 e. The predicted octanol–water partition coefficient (Wildman–Crippen LogP) is 3.75. The lowest BCUT2D eigenvalue weighted by molar-refractivity contribution is -0.0466. The van der Waals surface area contributed by atoms with Crippen molar-refractivity contribution in [2.45, 2.75) is 45.1 Å². The maximum absolute atomic E-state index is 13.7. The van der Waals surface area contributed by atoms with Gasteiger partial charge in [-0.05, 0) is 49.3 Å². The Hall–Kier alpha value is -0.960. The lowest BCUT2D eigenvalue weighted by Crippen LogP contribution is -2.37. The van der Waals surface area contributed by atoms with Gasteiger partial charge < -0.3 is 5.11 Å². The highest BCUT2D eigenvalue weighted by atomic mass is 19.1. The van der Waals surface area contributed by atoms with Gasteiger partial charge in [0, 0.05) is 5.56 Å². The second-order valence-corrected chi connectivity index (χ2v) is 5.85. The molecule has 1 N–H and O–H groups in total. The number of rotatable bonds is 1. The van der Waals surface area contributed by atoms with Crippen LogP contribution in [0.2, 0.25) is 0 Å². The van der Waals surface area contributed by atoms with Crippen LogP contribution in [-0.2, 0) is 5.60 Å². The molecule has 1 nitrogen and oxygen atoms in total. The third-order valence-corrected chi connectivity index (χ3v) is 3.64. The number of hydrogen-bond donors (Lipinski definition) is 1. The third-order valence-electron chi connectivity index (χ3n) is 3.64. The maximum Gasteiger partial charge on any atom is 0.129 e. The third kappa shape index (κ3) is 2.49. The Morgan fingerprint density at radius 3 is 2.53 bits per heavy atom. The van der Waals surface area contributed by atoms with Crippen LogP contribution in [0.15, 0.2) is 18.2 Å². The van der Waals surface area contributed by atoms with E-state index in [-0.39, 0.29) is 11.0 Å². The van der Waals surface area contributed by atoms with Gasteiger partial charge in [0.15, 0.2) is 0 Å². The second-order valence-electron chi connectivity index (χ2n) is 5.85. The second kappa shape index (κ2) is 4.05. The van der Waals surface area contributed by atoms with Gasteiger partial charge in [-0.15, -0.1) is 0 Å². The van der Waals surface area contributed by atoms with E-state index in [0.29, 0.717) is 12.8 Å². The molecule has 1 atom stereocenters. The van der Waals surface area contributed by atoms with Crippen LogP contribution in [0.5, 0.6) is 0 Å². The Morgan fingerprint density at radius 1 is 1.18 bits per heavy atom. The van der Waals surface area contributed by atoms with Crippen LogP contribution < -0.4 is 0 Å². The van der Waals surface area contributed by atoms with Crippen molar-refractivity contribution in [1.82, 2.24) is 0 Å². The van der Waals surface area contributed by atoms with Crippen molar-refractivity contribution in [2.24, 2.45) is 5.41 Å². The van der Waals surface area contributed by atoms with E-state index in [9.17, 15) is 13.9 Å². The summed E-state index contributed by atoms with van der Waals surface area (Å²) in [5.74, 6) is -1.02. The number of aliphatic hydroxyl groups is 1. The van der Waals surface area contributed by atoms with Crippen molar-refractivity contribution in [1.29, 1.82) is 0 Å². The summed E-state index contributed by atoms with van der Waals surface area (Å²) in [4.78, 5) is 0. The molecule has 1 aromatic carbocycles. The number of halogens is 2. The standard InChI is InChI=1S/C14H18F2O/c1-13(2)6-3-7-14(17,9-13)11-8-10(15)4-5-12(11)16/h4-5,8,17H,3,6-7,9H2,1-2H3. The fourth-order valence-electron chi connectivity index (χ4n) is 2.91. The lowest BCUT2D eigenvalue weighted by Gasteiger charge is -2.41. The molecule has 94 valence electrons. The van der Waals surface area contributed by atoms with E-state index < -0.39 is 17.2 Å². The van der Waals surface area contributed by atoms with Gasteiger partial charge >= 0.3 is 0 Å². The topological polar surface area (TPSA) is 20.2 Å². The van der Waals surface area contributed by atoms with Gasteiger partial charge in [-0.25, -0.2) is 8.78 Å². The normalized spacial score (nSPS) is 28.1. The first-order valence-corrected chi connectivity index (χ1v) is 6.00. The Labute approximate surface area is 100 Å². The van der Waals surface area contributed by atoms with Crippen LogP contribution in [0.4, 0.5) is 8.78 Å². The van der Waals surface area contributed by atoms with E-state index in [1.54, 1.807) is 0 Å². The zero-order valence-corrected chi connectivity index (χ0v) is 10.3. The van der Waals surface area contributed by atoms with Gasteiger partial charge in [0.1, 0.15) is 11.6 Å². The maximum atomic E-state index is 13.7. The van der Waals surface area contributed by atoms with Crippen LogP contribution >= 0.6 is 0 Å². The molecule has 0 radical (unpaired) electrons. The monoisotopic (exact) mass is 240 g/mol. The summed E-state index contributed by atoms with van der Waals surface area (Å²) in [6, 6.07) is 3.29. The molecule has 1 unspecified atom stereocenters. The quantitative estimate of drug-likeness (QED) is 0.792. The summed E-state index contributed by atoms with van der Waals surface area (Å²) in [6.45, 7) is 4.10. The van der Waals surface area contributed by atoms with Crippen LogP contribution in [0.3, 0.4) is 0 Å². The molecule has 0 spiro atoms. The van der Waals surface area contributed by atoms with Crippen LogP contribution in [-0.4, -0.2) is 5.11 Å². The molecule has 1 fully saturated rings. The smallest absolute Gasteiger partial charge is 0.129 e. The molecule has 1 aliphatic carbocycles. The molecule has 0 bridgehead atoms. The molecule has 1 aliphatic rings. The van der Waals surface area contributed by atoms with Crippen molar-refractivity contribution < 1.29 is 13.9 Å². The van der Waals surface area contributed by atoms with Gasteiger partial charge in [-0.2, -0.15) is 0 Å². The van der Waals surface area contributed by atoms with Crippen molar-refractivity contribution in [3.8, 4) is 0 Å². The molecule has 0 amide bonds. The highest BCUT2D eigenvalue weighted by Gasteiger charge is 2.41. The van der Waals surface area contributed by atoms with Crippen molar-refractivity contribution >= 4 is 0 Å². The minimum atomic E-state index is -1.23. The van der Waals surface area contributed by atoms with E-state index in [0.717, 1.165) is 31.0 Å². The molecule has 0 aromatic heterocycles. The predicted molar refractivity (Wildman–Crippen MR) is 62.5 cm³/mol. The molecule has 0 aliphatic heterocycles. The first-order valence-electron chi connectivity index (χ1n) is 6.00. The minimum Gasteiger partial charge on any atom is -0.385 e. The Morgan fingerprint density at radius 2 is 1.88 bits per heavy atom. The molecule has 1 saturated carbocycles. The average Bonchev–Trinajstić information content (AvgIpc) is 2.19. The van der Waals surface area contributed by atoms with Crippen molar-refractivity contribution in [3.05, 3.63) is 35.4 Å². The summed E-state index contributed by atoms with van der Waals surface area (Å²) in [5, 5.41) is 10.6. The first kappa shape index (κ1) is 12.5. The molecule has 1 aromatic rings. The zero-order chi connectivity index (χ0) is 12.7. The minimum absolute atomic E-state index is 0.0360. The Kier molecular flexibility index (Phi) is 2.98. The van der Waals surface area contributed by atoms with Crippen molar-refractivity contribution in [2.75, 3.05) is 0 Å². The average molecular weight is 240 g/mol. The van der Waals surface area contributed by atoms with E-state index in [1.165, 1.54) is 0 Å². The van der Waals surface area contributed by atoms with Gasteiger partial charge in [-0.3, -0.25) is 0 Å². The molecule has 3 heteroatoms. The van der Waals surface area contributed by atoms with Crippen LogP contribution in [0.25, 0.3) is 0 Å². The fourth-order valence-corrected chi connectivity index (χ4v) is 2.91. The summed E-state index contributed by atoms with van der Waals surface area (Å²) < 4.78 is 26.9. The van der Waals surface area contributed by atoms with Crippen molar-refractivity contribution in [3.63, 3.8) is 0 Å². The molecule has 17 heavy (non-hydrogen) atoms. The highest BCUT2D eigenvalue weighted by Crippen LogP contribution is 2.46. The summed E-state index contributed by atoms with van der Waals surface area (Å²) in [7, 11) is 0. The molecular weight excluding hydrogens is 222 g/mol. The van der Waals surface area contributed by atoms with E-state index in [4.69, 9.17) is 0 Å². The zero-order valence-electron chi connectivity index (χ0n) is 10.3. The van der Waals surface area contributed by atoms with Crippen LogP contribution in [0, 0.1) is 17.0 Å². The fraction of sp³-hybridized carbons (Fsp3) is 0.571. The van der Waals surface area contributed by atoms with E-state index >= 15 is 0 Å². The number of benzene rings is 1. The molecular formula is C14H18F2O. The van der Waals surface area contributed by atoms with Gasteiger partial charge in [0.05, 0.1) is 5.60 Å². The SMILES string of the molecule is CC1(C)CCCC(O)(c2cc(F)ccc2F)C1. The Balaban J connectivity index is 2.40.